The number of hydrogen-bond donors (Lipinski definition) is 5. The van der Waals surface area contributed by atoms with Crippen molar-refractivity contribution in [3.05, 3.63) is 0 Å². The van der Waals surface area contributed by atoms with Crippen molar-refractivity contribution in [2.24, 2.45) is 0 Å². The van der Waals surface area contributed by atoms with Crippen molar-refractivity contribution in [3.63, 3.8) is 0 Å². The molecule has 0 aromatic heterocycles. The first kappa shape index (κ1) is 13.4. The molecule has 0 saturated carbocycles. The van der Waals surface area contributed by atoms with Crippen molar-refractivity contribution < 1.29 is 42.4 Å². The van der Waals surface area contributed by atoms with Gasteiger partial charge in [-0.15, -0.1) is 0 Å². The van der Waals surface area contributed by atoms with Crippen LogP contribution in [0, 0.1) is 0 Å². The fourth-order valence-corrected chi connectivity index (χ4v) is 1.07. The van der Waals surface area contributed by atoms with Crippen LogP contribution in [0.2, 0.25) is 0 Å². The number of aliphatic hydroxyl groups is 4. The van der Waals surface area contributed by atoms with E-state index in [1.807, 2.05) is 0 Å². The third-order valence-electron chi connectivity index (χ3n) is 1.62. The molecule has 0 aromatic rings. The Balaban J connectivity index is 4.32. The molecule has 0 rings (SSSR count). The standard InChI is InChI=1S/C6H12O9S/c7-1-3(8)5(10)6(11)4(9)2-15-16(12,13)14/h1,3-6,8-11H,2H2,(H,12,13,14)/t3-,4+,5+,6+/m0/s1/i/hD. The van der Waals surface area contributed by atoms with Gasteiger partial charge in [-0.25, -0.2) is 4.18 Å². The highest BCUT2D eigenvalue weighted by Crippen LogP contribution is 2.05. The monoisotopic (exact) mass is 261 g/mol. The summed E-state index contributed by atoms with van der Waals surface area (Å²) in [5, 5.41) is 36.2. The molecule has 0 spiro atoms. The number of carbonyl (C=O) groups is 1. The van der Waals surface area contributed by atoms with Gasteiger partial charge in [0.1, 0.15) is 24.4 Å². The Kier molecular flexibility index (Phi) is 5.21. The van der Waals surface area contributed by atoms with Crippen LogP contribution in [0.15, 0.2) is 0 Å². The SMILES string of the molecule is [2H]OS(=O)(=O)OC[C@@H](O)[C@@H](O)[C@H](O)[C@@H](O)C=O. The molecule has 0 unspecified atom stereocenters. The largest absolute Gasteiger partial charge is 0.397 e. The Morgan fingerprint density at radius 3 is 2.25 bits per heavy atom. The molecule has 0 aliphatic rings. The molecule has 0 aromatic carbocycles. The van der Waals surface area contributed by atoms with Crippen molar-refractivity contribution in [2.75, 3.05) is 6.61 Å². The zero-order valence-corrected chi connectivity index (χ0v) is 8.65. The van der Waals surface area contributed by atoms with Gasteiger partial charge in [0.2, 0.25) is 1.43 Å². The lowest BCUT2D eigenvalue weighted by Gasteiger charge is -2.23. The maximum absolute atomic E-state index is 10.5. The van der Waals surface area contributed by atoms with E-state index in [4.69, 9.17) is 16.8 Å². The van der Waals surface area contributed by atoms with Crippen molar-refractivity contribution in [3.8, 4) is 0 Å². The Bertz CT molecular complexity index is 330. The lowest BCUT2D eigenvalue weighted by Crippen LogP contribution is -2.46. The average Bonchev–Trinajstić information content (AvgIpc) is 2.33. The van der Waals surface area contributed by atoms with E-state index in [1.165, 1.54) is 0 Å². The second kappa shape index (κ2) is 6.20. The molecule has 0 saturated heterocycles. The molecule has 0 radical (unpaired) electrons. The highest BCUT2D eigenvalue weighted by molar-refractivity contribution is 7.80. The first-order valence-electron chi connectivity index (χ1n) is 4.37. The molecular weight excluding hydrogens is 248 g/mol. The average molecular weight is 261 g/mol. The third-order valence-corrected chi connectivity index (χ3v) is 2.04. The van der Waals surface area contributed by atoms with Gasteiger partial charge in [-0.3, -0.25) is 4.56 Å². The summed E-state index contributed by atoms with van der Waals surface area (Å²) in [5.41, 5.74) is 0. The maximum Gasteiger partial charge on any atom is 0.397 e. The Hall–Kier alpha value is -0.620. The second-order valence-electron chi connectivity index (χ2n) is 2.87. The van der Waals surface area contributed by atoms with E-state index < -0.39 is 41.4 Å². The minimum Gasteiger partial charge on any atom is -0.388 e. The van der Waals surface area contributed by atoms with Gasteiger partial charge >= 0.3 is 10.4 Å². The van der Waals surface area contributed by atoms with Crippen LogP contribution in [-0.4, -0.2) is 70.7 Å². The summed E-state index contributed by atoms with van der Waals surface area (Å²) in [6.45, 7) is -1.02. The van der Waals surface area contributed by atoms with Gasteiger partial charge in [0.05, 0.1) is 6.61 Å². The van der Waals surface area contributed by atoms with E-state index in [1.54, 1.807) is 0 Å². The van der Waals surface area contributed by atoms with Crippen molar-refractivity contribution in [1.82, 2.24) is 0 Å². The Morgan fingerprint density at radius 2 is 1.81 bits per heavy atom. The first-order chi connectivity index (χ1) is 7.75. The van der Waals surface area contributed by atoms with E-state index in [0.717, 1.165) is 0 Å². The van der Waals surface area contributed by atoms with Gasteiger partial charge in [0, 0.05) is 0 Å². The molecule has 4 atom stereocenters. The van der Waals surface area contributed by atoms with Gasteiger partial charge in [-0.2, -0.15) is 8.42 Å². The zero-order valence-electron chi connectivity index (χ0n) is 8.83. The maximum atomic E-state index is 10.5. The van der Waals surface area contributed by atoms with Gasteiger partial charge in [-0.1, -0.05) is 0 Å². The molecule has 10 heteroatoms. The molecule has 0 fully saturated rings. The molecule has 0 bridgehead atoms. The molecule has 0 heterocycles. The molecule has 9 nitrogen and oxygen atoms in total. The predicted octanol–water partition coefficient (Wildman–Crippen LogP) is -3.55. The number of aldehydes is 1. The van der Waals surface area contributed by atoms with Crippen molar-refractivity contribution >= 4 is 16.7 Å². The topological polar surface area (TPSA) is 162 Å². The summed E-state index contributed by atoms with van der Waals surface area (Å²) in [4.78, 5) is 10.1. The number of rotatable bonds is 8. The molecule has 16 heavy (non-hydrogen) atoms. The summed E-state index contributed by atoms with van der Waals surface area (Å²) in [6, 6.07) is 0. The minimum atomic E-state index is -4.62. The number of aliphatic hydroxyl groups excluding tert-OH is 4. The van der Waals surface area contributed by atoms with E-state index in [9.17, 15) is 18.3 Å². The van der Waals surface area contributed by atoms with Crippen LogP contribution in [0.25, 0.3) is 1.43 Å². The quantitative estimate of drug-likeness (QED) is 0.220. The highest BCUT2D eigenvalue weighted by Gasteiger charge is 2.31. The Morgan fingerprint density at radius 1 is 1.25 bits per heavy atom. The summed E-state index contributed by atoms with van der Waals surface area (Å²) >= 11 is 0. The zero-order chi connectivity index (χ0) is 13.6. The first-order valence-corrected chi connectivity index (χ1v) is 5.30. The predicted molar refractivity (Wildman–Crippen MR) is 47.6 cm³/mol. The van der Waals surface area contributed by atoms with Crippen molar-refractivity contribution in [1.29, 1.82) is 1.43 Å². The molecule has 96 valence electrons. The summed E-state index contributed by atoms with van der Waals surface area (Å²) < 4.78 is 34.1. The highest BCUT2D eigenvalue weighted by atomic mass is 32.3. The molecule has 0 aliphatic heterocycles. The summed E-state index contributed by atoms with van der Waals surface area (Å²) in [7, 11) is -4.62. The summed E-state index contributed by atoms with van der Waals surface area (Å²) in [6.07, 6.45) is -7.96. The lowest BCUT2D eigenvalue weighted by atomic mass is 10.0. The van der Waals surface area contributed by atoms with Gasteiger partial charge in [-0.05, 0) is 0 Å². The van der Waals surface area contributed by atoms with Crippen LogP contribution in [0.4, 0.5) is 0 Å². The normalized spacial score (nSPS) is 20.6. The van der Waals surface area contributed by atoms with Crippen LogP contribution in [0.5, 0.6) is 0 Å². The Labute approximate surface area is 92.3 Å². The van der Waals surface area contributed by atoms with E-state index in [2.05, 4.69) is 8.74 Å². The van der Waals surface area contributed by atoms with Crippen molar-refractivity contribution in [2.45, 2.75) is 24.4 Å². The molecular formula is C6H12O9S. The fraction of sp³-hybridized carbons (Fsp3) is 0.833. The van der Waals surface area contributed by atoms with Gasteiger partial charge in [0.25, 0.3) is 0 Å². The van der Waals surface area contributed by atoms with Gasteiger partial charge in [0.15, 0.2) is 6.29 Å². The number of carbonyl (C=O) groups excluding carboxylic acids is 1. The van der Waals surface area contributed by atoms with Crippen LogP contribution in [0.1, 0.15) is 0 Å². The molecule has 5 N–H and O–H groups in total. The smallest absolute Gasteiger partial charge is 0.388 e. The summed E-state index contributed by atoms with van der Waals surface area (Å²) in [5.74, 6) is 0. The van der Waals surface area contributed by atoms with E-state index in [-0.39, 0.29) is 6.29 Å². The molecule has 0 amide bonds. The van der Waals surface area contributed by atoms with Crippen LogP contribution >= 0.6 is 0 Å². The number of hydrogen-bond acceptors (Lipinski definition) is 9. The van der Waals surface area contributed by atoms with E-state index >= 15 is 0 Å². The minimum absolute atomic E-state index is 0.0783. The second-order valence-corrected chi connectivity index (χ2v) is 3.92. The van der Waals surface area contributed by atoms with Crippen LogP contribution < -0.4 is 0 Å². The fourth-order valence-electron chi connectivity index (χ4n) is 0.762. The van der Waals surface area contributed by atoms with Gasteiger partial charge < -0.3 is 25.2 Å². The van der Waals surface area contributed by atoms with Crippen LogP contribution in [-0.2, 0) is 19.4 Å². The molecule has 0 aliphatic carbocycles. The third kappa shape index (κ3) is 5.46. The van der Waals surface area contributed by atoms with Crippen LogP contribution in [0.3, 0.4) is 0 Å². The lowest BCUT2D eigenvalue weighted by molar-refractivity contribution is -0.135. The van der Waals surface area contributed by atoms with E-state index in [0.29, 0.717) is 0 Å².